The highest BCUT2D eigenvalue weighted by atomic mass is 127. The maximum absolute atomic E-state index is 4.61. The van der Waals surface area contributed by atoms with Gasteiger partial charge in [0.05, 0.1) is 6.54 Å². The predicted molar refractivity (Wildman–Crippen MR) is 98.8 cm³/mol. The standard InChI is InChI=1S/C16H25N3.HI/c1-4-6-9-12-18-16(17-5-2)19-13-15-11-8-7-10-14(15)3;/h4,6-8,10-11H,5,9,12-13H2,1-3H3,(H2,17,18,19);1H/b6-4+;. The highest BCUT2D eigenvalue weighted by Crippen LogP contribution is 2.07. The molecule has 0 saturated heterocycles. The Labute approximate surface area is 140 Å². The number of halogens is 1. The van der Waals surface area contributed by atoms with Gasteiger partial charge in [-0.25, -0.2) is 4.99 Å². The van der Waals surface area contributed by atoms with Crippen molar-refractivity contribution in [2.75, 3.05) is 13.1 Å². The van der Waals surface area contributed by atoms with Crippen LogP contribution in [0.3, 0.4) is 0 Å². The zero-order valence-corrected chi connectivity index (χ0v) is 15.0. The fourth-order valence-electron chi connectivity index (χ4n) is 1.73. The Morgan fingerprint density at radius 3 is 2.65 bits per heavy atom. The normalized spacial score (nSPS) is 11.2. The van der Waals surface area contributed by atoms with Crippen LogP contribution in [-0.2, 0) is 6.54 Å². The number of nitrogens with one attached hydrogen (secondary N) is 2. The van der Waals surface area contributed by atoms with Gasteiger partial charge in [-0.05, 0) is 38.3 Å². The van der Waals surface area contributed by atoms with Crippen LogP contribution in [0.15, 0.2) is 41.4 Å². The van der Waals surface area contributed by atoms with Gasteiger partial charge in [0.1, 0.15) is 0 Å². The SMILES string of the molecule is C/C=C/CCNC(=NCc1ccccc1C)NCC.I. The number of hydrogen-bond acceptors (Lipinski definition) is 1. The summed E-state index contributed by atoms with van der Waals surface area (Å²) >= 11 is 0. The second-order valence-electron chi connectivity index (χ2n) is 4.41. The number of benzene rings is 1. The quantitative estimate of drug-likeness (QED) is 0.257. The largest absolute Gasteiger partial charge is 0.357 e. The topological polar surface area (TPSA) is 36.4 Å². The van der Waals surface area contributed by atoms with E-state index in [-0.39, 0.29) is 24.0 Å². The summed E-state index contributed by atoms with van der Waals surface area (Å²) in [5.41, 5.74) is 2.56. The molecule has 3 nitrogen and oxygen atoms in total. The monoisotopic (exact) mass is 387 g/mol. The minimum absolute atomic E-state index is 0. The van der Waals surface area contributed by atoms with Gasteiger partial charge in [0.25, 0.3) is 0 Å². The number of nitrogens with zero attached hydrogens (tertiary/aromatic N) is 1. The Hall–Kier alpha value is -1.04. The van der Waals surface area contributed by atoms with E-state index in [4.69, 9.17) is 0 Å². The molecule has 2 N–H and O–H groups in total. The minimum Gasteiger partial charge on any atom is -0.357 e. The lowest BCUT2D eigenvalue weighted by molar-refractivity contribution is 0.809. The van der Waals surface area contributed by atoms with E-state index in [0.717, 1.165) is 25.5 Å². The second kappa shape index (κ2) is 11.8. The summed E-state index contributed by atoms with van der Waals surface area (Å²) < 4.78 is 0. The molecular formula is C16H26IN3. The molecule has 20 heavy (non-hydrogen) atoms. The van der Waals surface area contributed by atoms with Crippen LogP contribution in [0.25, 0.3) is 0 Å². The molecule has 0 aromatic heterocycles. The van der Waals surface area contributed by atoms with Gasteiger partial charge in [-0.2, -0.15) is 0 Å². The summed E-state index contributed by atoms with van der Waals surface area (Å²) in [5, 5.41) is 6.60. The molecule has 0 aliphatic carbocycles. The molecule has 1 aromatic carbocycles. The maximum Gasteiger partial charge on any atom is 0.191 e. The van der Waals surface area contributed by atoms with Gasteiger partial charge in [-0.1, -0.05) is 36.4 Å². The molecule has 0 fully saturated rings. The van der Waals surface area contributed by atoms with Gasteiger partial charge in [0.2, 0.25) is 0 Å². The van der Waals surface area contributed by atoms with Crippen LogP contribution in [-0.4, -0.2) is 19.0 Å². The second-order valence-corrected chi connectivity index (χ2v) is 4.41. The lowest BCUT2D eigenvalue weighted by Crippen LogP contribution is -2.37. The van der Waals surface area contributed by atoms with Crippen molar-refractivity contribution >= 4 is 29.9 Å². The van der Waals surface area contributed by atoms with Gasteiger partial charge in [-0.15, -0.1) is 24.0 Å². The number of allylic oxidation sites excluding steroid dienone is 1. The van der Waals surface area contributed by atoms with E-state index in [2.05, 4.69) is 65.9 Å². The van der Waals surface area contributed by atoms with Gasteiger partial charge >= 0.3 is 0 Å². The Bertz CT molecular complexity index is 427. The summed E-state index contributed by atoms with van der Waals surface area (Å²) in [4.78, 5) is 4.61. The molecule has 0 aliphatic heterocycles. The van der Waals surface area contributed by atoms with Crippen LogP contribution in [0.4, 0.5) is 0 Å². The minimum atomic E-state index is 0. The summed E-state index contributed by atoms with van der Waals surface area (Å²) in [6.45, 7) is 8.74. The van der Waals surface area contributed by atoms with Crippen molar-refractivity contribution in [2.45, 2.75) is 33.7 Å². The molecule has 0 radical (unpaired) electrons. The summed E-state index contributed by atoms with van der Waals surface area (Å²) in [7, 11) is 0. The molecule has 0 amide bonds. The van der Waals surface area contributed by atoms with Crippen LogP contribution >= 0.6 is 24.0 Å². The number of aliphatic imine (C=N–C) groups is 1. The zero-order valence-electron chi connectivity index (χ0n) is 12.6. The van der Waals surface area contributed by atoms with E-state index in [1.807, 2.05) is 6.92 Å². The first-order valence-corrected chi connectivity index (χ1v) is 6.95. The molecule has 112 valence electrons. The van der Waals surface area contributed by atoms with E-state index in [9.17, 15) is 0 Å². The van der Waals surface area contributed by atoms with Crippen molar-refractivity contribution in [1.82, 2.24) is 10.6 Å². The fraction of sp³-hybridized carbons (Fsp3) is 0.438. The first-order chi connectivity index (χ1) is 9.27. The molecule has 0 aliphatic rings. The predicted octanol–water partition coefficient (Wildman–Crippen LogP) is 3.63. The number of aryl methyl sites for hydroxylation is 1. The van der Waals surface area contributed by atoms with Crippen molar-refractivity contribution in [2.24, 2.45) is 4.99 Å². The van der Waals surface area contributed by atoms with Crippen LogP contribution in [0, 0.1) is 6.92 Å². The first-order valence-electron chi connectivity index (χ1n) is 6.95. The smallest absolute Gasteiger partial charge is 0.191 e. The van der Waals surface area contributed by atoms with Crippen molar-refractivity contribution in [3.05, 3.63) is 47.5 Å². The van der Waals surface area contributed by atoms with Crippen LogP contribution in [0.5, 0.6) is 0 Å². The van der Waals surface area contributed by atoms with E-state index in [0.29, 0.717) is 6.54 Å². The average molecular weight is 387 g/mol. The molecule has 1 rings (SSSR count). The van der Waals surface area contributed by atoms with Crippen molar-refractivity contribution in [3.8, 4) is 0 Å². The van der Waals surface area contributed by atoms with Gasteiger partial charge in [0.15, 0.2) is 5.96 Å². The third kappa shape index (κ3) is 7.53. The molecule has 0 bridgehead atoms. The maximum atomic E-state index is 4.61. The van der Waals surface area contributed by atoms with Gasteiger partial charge < -0.3 is 10.6 Å². The third-order valence-corrected chi connectivity index (χ3v) is 2.85. The zero-order chi connectivity index (χ0) is 13.9. The van der Waals surface area contributed by atoms with Crippen molar-refractivity contribution in [1.29, 1.82) is 0 Å². The molecule has 4 heteroatoms. The van der Waals surface area contributed by atoms with Gasteiger partial charge in [0, 0.05) is 13.1 Å². The van der Waals surface area contributed by atoms with E-state index < -0.39 is 0 Å². The molecule has 0 heterocycles. The average Bonchev–Trinajstić information content (AvgIpc) is 2.42. The molecule has 0 atom stereocenters. The lowest BCUT2D eigenvalue weighted by atomic mass is 10.1. The highest BCUT2D eigenvalue weighted by Gasteiger charge is 1.98. The molecular weight excluding hydrogens is 361 g/mol. The number of hydrogen-bond donors (Lipinski definition) is 2. The first kappa shape index (κ1) is 19.0. The van der Waals surface area contributed by atoms with Crippen LogP contribution in [0.1, 0.15) is 31.4 Å². The highest BCUT2D eigenvalue weighted by molar-refractivity contribution is 14.0. The lowest BCUT2D eigenvalue weighted by Gasteiger charge is -2.11. The van der Waals surface area contributed by atoms with Crippen molar-refractivity contribution < 1.29 is 0 Å². The molecule has 0 unspecified atom stereocenters. The van der Waals surface area contributed by atoms with E-state index >= 15 is 0 Å². The Morgan fingerprint density at radius 2 is 2.00 bits per heavy atom. The number of guanidine groups is 1. The molecule has 0 spiro atoms. The van der Waals surface area contributed by atoms with Crippen molar-refractivity contribution in [3.63, 3.8) is 0 Å². The third-order valence-electron chi connectivity index (χ3n) is 2.85. The van der Waals surface area contributed by atoms with Crippen LogP contribution < -0.4 is 10.6 Å². The molecule has 0 saturated carbocycles. The summed E-state index contributed by atoms with van der Waals surface area (Å²) in [6, 6.07) is 8.37. The van der Waals surface area contributed by atoms with E-state index in [1.165, 1.54) is 11.1 Å². The van der Waals surface area contributed by atoms with Crippen LogP contribution in [0.2, 0.25) is 0 Å². The van der Waals surface area contributed by atoms with Gasteiger partial charge in [-0.3, -0.25) is 0 Å². The van der Waals surface area contributed by atoms with E-state index in [1.54, 1.807) is 0 Å². The fourth-order valence-corrected chi connectivity index (χ4v) is 1.73. The Morgan fingerprint density at radius 1 is 1.25 bits per heavy atom. The summed E-state index contributed by atoms with van der Waals surface area (Å²) in [5.74, 6) is 0.884. The number of rotatable bonds is 6. The molecule has 1 aromatic rings. The summed E-state index contributed by atoms with van der Waals surface area (Å²) in [6.07, 6.45) is 5.24. The Balaban J connectivity index is 0.00000361. The Kier molecular flexibility index (Phi) is 11.1.